The highest BCUT2D eigenvalue weighted by Crippen LogP contribution is 2.36. The van der Waals surface area contributed by atoms with E-state index in [0.29, 0.717) is 12.2 Å². The van der Waals surface area contributed by atoms with E-state index in [9.17, 15) is 4.39 Å². The molecule has 26 heavy (non-hydrogen) atoms. The summed E-state index contributed by atoms with van der Waals surface area (Å²) < 4.78 is 16.2. The van der Waals surface area contributed by atoms with Crippen LogP contribution in [0.25, 0.3) is 5.69 Å². The standard InChI is InChI=1S/C18H24FN5S.HI/c1-18(6-3-9-25-18)12-23-17(20-2)22-11-14-4-5-16(15(19)10-14)24-8-7-21-13-24;/h4-5,7-8,10,13H,3,6,9,11-12H2,1-2H3,(H2,20,22,23);1H. The molecule has 1 aliphatic heterocycles. The molecular weight excluding hydrogens is 464 g/mol. The molecule has 0 saturated carbocycles. The first-order valence-corrected chi connectivity index (χ1v) is 9.43. The second kappa shape index (κ2) is 9.59. The van der Waals surface area contributed by atoms with Crippen molar-refractivity contribution in [2.24, 2.45) is 4.99 Å². The Labute approximate surface area is 175 Å². The maximum absolute atomic E-state index is 14.3. The topological polar surface area (TPSA) is 54.2 Å². The number of nitrogens with zero attached hydrogens (tertiary/aromatic N) is 3. The number of benzene rings is 1. The van der Waals surface area contributed by atoms with Crippen LogP contribution in [0.1, 0.15) is 25.3 Å². The largest absolute Gasteiger partial charge is 0.355 e. The van der Waals surface area contributed by atoms with Crippen molar-refractivity contribution >= 4 is 41.7 Å². The number of aliphatic imine (C=N–C) groups is 1. The van der Waals surface area contributed by atoms with Crippen LogP contribution in [0.4, 0.5) is 4.39 Å². The second-order valence-corrected chi connectivity index (χ2v) is 8.12. The molecule has 0 bridgehead atoms. The van der Waals surface area contributed by atoms with Gasteiger partial charge in [0.15, 0.2) is 5.96 Å². The molecule has 0 amide bonds. The first kappa shape index (κ1) is 21.0. The van der Waals surface area contributed by atoms with Gasteiger partial charge in [0.25, 0.3) is 0 Å². The number of hydrogen-bond acceptors (Lipinski definition) is 3. The van der Waals surface area contributed by atoms with Gasteiger partial charge in [0.05, 0.1) is 12.0 Å². The molecule has 3 rings (SSSR count). The van der Waals surface area contributed by atoms with Gasteiger partial charge >= 0.3 is 0 Å². The van der Waals surface area contributed by atoms with Gasteiger partial charge in [0.1, 0.15) is 5.82 Å². The fourth-order valence-electron chi connectivity index (χ4n) is 2.92. The van der Waals surface area contributed by atoms with Crippen LogP contribution in [0.3, 0.4) is 0 Å². The second-order valence-electron chi connectivity index (χ2n) is 6.44. The number of nitrogens with one attached hydrogen (secondary N) is 2. The lowest BCUT2D eigenvalue weighted by molar-refractivity contribution is 0.584. The van der Waals surface area contributed by atoms with Gasteiger partial charge < -0.3 is 15.2 Å². The number of hydrogen-bond donors (Lipinski definition) is 2. The zero-order valence-electron chi connectivity index (χ0n) is 15.0. The van der Waals surface area contributed by atoms with Crippen LogP contribution in [0.5, 0.6) is 0 Å². The van der Waals surface area contributed by atoms with Gasteiger partial charge in [-0.25, -0.2) is 9.37 Å². The molecule has 1 saturated heterocycles. The zero-order chi connectivity index (χ0) is 17.7. The van der Waals surface area contributed by atoms with E-state index in [2.05, 4.69) is 27.5 Å². The molecule has 142 valence electrons. The Morgan fingerprint density at radius 2 is 2.27 bits per heavy atom. The Bertz CT molecular complexity index is 729. The number of aromatic nitrogens is 2. The van der Waals surface area contributed by atoms with Crippen LogP contribution in [-0.4, -0.2) is 39.6 Å². The van der Waals surface area contributed by atoms with E-state index >= 15 is 0 Å². The average molecular weight is 489 g/mol. The molecule has 0 aliphatic carbocycles. The van der Waals surface area contributed by atoms with Crippen LogP contribution in [0, 0.1) is 5.82 Å². The van der Waals surface area contributed by atoms with Gasteiger partial charge in [0.2, 0.25) is 0 Å². The lowest BCUT2D eigenvalue weighted by Crippen LogP contribution is -2.43. The van der Waals surface area contributed by atoms with Crippen LogP contribution < -0.4 is 10.6 Å². The summed E-state index contributed by atoms with van der Waals surface area (Å²) in [6.07, 6.45) is 7.45. The van der Waals surface area contributed by atoms with Crippen molar-refractivity contribution in [2.75, 3.05) is 19.3 Å². The number of imidazole rings is 1. The predicted molar refractivity (Wildman–Crippen MR) is 117 cm³/mol. The number of halogens is 2. The van der Waals surface area contributed by atoms with E-state index in [4.69, 9.17) is 0 Å². The van der Waals surface area contributed by atoms with Crippen molar-refractivity contribution in [1.82, 2.24) is 20.2 Å². The maximum atomic E-state index is 14.3. The fourth-order valence-corrected chi connectivity index (χ4v) is 4.17. The van der Waals surface area contributed by atoms with Crippen molar-refractivity contribution in [3.05, 3.63) is 48.3 Å². The van der Waals surface area contributed by atoms with E-state index in [1.807, 2.05) is 17.8 Å². The van der Waals surface area contributed by atoms with Gasteiger partial charge in [0, 0.05) is 37.3 Å². The summed E-state index contributed by atoms with van der Waals surface area (Å²) in [5, 5.41) is 6.63. The summed E-state index contributed by atoms with van der Waals surface area (Å²) in [5.74, 6) is 1.70. The summed E-state index contributed by atoms with van der Waals surface area (Å²) in [6.45, 7) is 3.69. The maximum Gasteiger partial charge on any atom is 0.191 e. The van der Waals surface area contributed by atoms with Crippen molar-refractivity contribution in [1.29, 1.82) is 0 Å². The minimum absolute atomic E-state index is 0. The first-order chi connectivity index (χ1) is 12.1. The highest BCUT2D eigenvalue weighted by atomic mass is 127. The van der Waals surface area contributed by atoms with Crippen molar-refractivity contribution < 1.29 is 4.39 Å². The SMILES string of the molecule is CN=C(NCc1ccc(-n2ccnc2)c(F)c1)NCC1(C)CCCS1.I. The highest BCUT2D eigenvalue weighted by Gasteiger charge is 2.29. The zero-order valence-corrected chi connectivity index (χ0v) is 18.2. The molecule has 1 atom stereocenters. The van der Waals surface area contributed by atoms with Gasteiger partial charge in [-0.15, -0.1) is 24.0 Å². The summed E-state index contributed by atoms with van der Waals surface area (Å²) in [5.41, 5.74) is 1.36. The Kier molecular flexibility index (Phi) is 7.75. The van der Waals surface area contributed by atoms with E-state index in [1.54, 1.807) is 42.5 Å². The molecule has 2 heterocycles. The van der Waals surface area contributed by atoms with Crippen LogP contribution in [-0.2, 0) is 6.54 Å². The fraction of sp³-hybridized carbons (Fsp3) is 0.444. The number of rotatable bonds is 5. The molecular formula is C18H25FIN5S. The van der Waals surface area contributed by atoms with E-state index in [-0.39, 0.29) is 34.5 Å². The molecule has 2 aromatic rings. The lowest BCUT2D eigenvalue weighted by Gasteiger charge is -2.24. The Hall–Kier alpha value is -1.29. The molecule has 0 radical (unpaired) electrons. The average Bonchev–Trinajstić information content (AvgIpc) is 3.27. The molecule has 1 aromatic carbocycles. The molecule has 0 spiro atoms. The molecule has 8 heteroatoms. The van der Waals surface area contributed by atoms with Crippen LogP contribution >= 0.6 is 35.7 Å². The van der Waals surface area contributed by atoms with E-state index < -0.39 is 0 Å². The van der Waals surface area contributed by atoms with Crippen LogP contribution in [0.2, 0.25) is 0 Å². The third-order valence-electron chi connectivity index (χ3n) is 4.41. The third kappa shape index (κ3) is 5.35. The highest BCUT2D eigenvalue weighted by molar-refractivity contribution is 14.0. The van der Waals surface area contributed by atoms with E-state index in [0.717, 1.165) is 18.1 Å². The van der Waals surface area contributed by atoms with Crippen LogP contribution in [0.15, 0.2) is 41.9 Å². The van der Waals surface area contributed by atoms with Gasteiger partial charge in [-0.1, -0.05) is 6.07 Å². The molecule has 1 unspecified atom stereocenters. The molecule has 1 aliphatic rings. The molecule has 1 fully saturated rings. The Balaban J connectivity index is 0.00000243. The van der Waals surface area contributed by atoms with Gasteiger partial charge in [-0.2, -0.15) is 11.8 Å². The van der Waals surface area contributed by atoms with Crippen molar-refractivity contribution in [3.63, 3.8) is 0 Å². The Morgan fingerprint density at radius 1 is 1.42 bits per heavy atom. The molecule has 2 N–H and O–H groups in total. The summed E-state index contributed by atoms with van der Waals surface area (Å²) >= 11 is 2.01. The third-order valence-corrected chi connectivity index (χ3v) is 5.95. The molecule has 5 nitrogen and oxygen atoms in total. The summed E-state index contributed by atoms with van der Waals surface area (Å²) in [4.78, 5) is 8.20. The normalized spacial score (nSPS) is 19.9. The summed E-state index contributed by atoms with van der Waals surface area (Å²) in [7, 11) is 1.75. The number of thioether (sulfide) groups is 1. The summed E-state index contributed by atoms with van der Waals surface area (Å²) in [6, 6.07) is 5.22. The van der Waals surface area contributed by atoms with E-state index in [1.165, 1.54) is 18.6 Å². The predicted octanol–water partition coefficient (Wildman–Crippen LogP) is 3.58. The minimum Gasteiger partial charge on any atom is -0.355 e. The van der Waals surface area contributed by atoms with Gasteiger partial charge in [-0.05, 0) is 43.2 Å². The van der Waals surface area contributed by atoms with Gasteiger partial charge in [-0.3, -0.25) is 4.99 Å². The monoisotopic (exact) mass is 489 g/mol. The number of guanidine groups is 1. The van der Waals surface area contributed by atoms with Crippen molar-refractivity contribution in [3.8, 4) is 5.69 Å². The quantitative estimate of drug-likeness (QED) is 0.383. The smallest absolute Gasteiger partial charge is 0.191 e. The van der Waals surface area contributed by atoms with Crippen molar-refractivity contribution in [2.45, 2.75) is 31.1 Å². The lowest BCUT2D eigenvalue weighted by atomic mass is 10.1. The molecule has 1 aromatic heterocycles. The first-order valence-electron chi connectivity index (χ1n) is 8.45. The minimum atomic E-state index is -0.268. The Morgan fingerprint density at radius 3 is 2.88 bits per heavy atom.